The average molecular weight is 333 g/mol. The first-order chi connectivity index (χ1) is 11.5. The quantitative estimate of drug-likeness (QED) is 0.807. The van der Waals surface area contributed by atoms with Gasteiger partial charge in [-0.1, -0.05) is 6.07 Å². The van der Waals surface area contributed by atoms with Crippen LogP contribution in [0.1, 0.15) is 5.56 Å². The van der Waals surface area contributed by atoms with Gasteiger partial charge in [-0.25, -0.2) is 4.39 Å². The summed E-state index contributed by atoms with van der Waals surface area (Å²) in [5.74, 6) is 0.845. The van der Waals surface area contributed by atoms with Crippen molar-refractivity contribution in [2.45, 2.75) is 6.54 Å². The third kappa shape index (κ3) is 4.96. The van der Waals surface area contributed by atoms with Crippen LogP contribution >= 0.6 is 0 Å². The van der Waals surface area contributed by atoms with Gasteiger partial charge in [0, 0.05) is 11.8 Å². The predicted molar refractivity (Wildman–Crippen MR) is 90.0 cm³/mol. The van der Waals surface area contributed by atoms with E-state index in [1.807, 2.05) is 19.2 Å². The minimum atomic E-state index is -0.320. The van der Waals surface area contributed by atoms with Crippen molar-refractivity contribution in [3.8, 4) is 11.5 Å². The molecule has 0 spiro atoms. The van der Waals surface area contributed by atoms with Crippen molar-refractivity contribution in [3.63, 3.8) is 0 Å². The van der Waals surface area contributed by atoms with Crippen LogP contribution in [0.25, 0.3) is 0 Å². The van der Waals surface area contributed by atoms with Crippen LogP contribution in [0.3, 0.4) is 0 Å². The van der Waals surface area contributed by atoms with Crippen LogP contribution in [0.2, 0.25) is 0 Å². The molecule has 128 valence electrons. The molecule has 0 fully saturated rings. The Morgan fingerprint density at radius 1 is 1.17 bits per heavy atom. The van der Waals surface area contributed by atoms with Gasteiger partial charge in [-0.2, -0.15) is 0 Å². The van der Waals surface area contributed by atoms with Crippen LogP contribution in [0.5, 0.6) is 11.5 Å². The van der Waals surface area contributed by atoms with E-state index in [0.717, 1.165) is 10.5 Å². The topological polar surface area (TPSA) is 52.0 Å². The molecule has 0 radical (unpaired) electrons. The summed E-state index contributed by atoms with van der Waals surface area (Å²) in [7, 11) is 4.99. The van der Waals surface area contributed by atoms with Crippen LogP contribution in [-0.4, -0.2) is 33.7 Å². The van der Waals surface area contributed by atoms with E-state index < -0.39 is 0 Å². The molecule has 0 bridgehead atoms. The van der Waals surface area contributed by atoms with Gasteiger partial charge in [-0.05, 0) is 30.3 Å². The lowest BCUT2D eigenvalue weighted by Gasteiger charge is -2.16. The summed E-state index contributed by atoms with van der Waals surface area (Å²) >= 11 is 0. The Bertz CT molecular complexity index is 706. The first-order valence-electron chi connectivity index (χ1n) is 7.59. The molecule has 0 saturated heterocycles. The summed E-state index contributed by atoms with van der Waals surface area (Å²) in [6.07, 6.45) is 0. The first-order valence-corrected chi connectivity index (χ1v) is 7.59. The third-order valence-corrected chi connectivity index (χ3v) is 3.55. The Morgan fingerprint density at radius 3 is 2.67 bits per heavy atom. The van der Waals surface area contributed by atoms with Crippen molar-refractivity contribution >= 4 is 11.6 Å². The van der Waals surface area contributed by atoms with E-state index in [9.17, 15) is 9.18 Å². The Balaban J connectivity index is 1.95. The molecule has 5 nitrogen and oxygen atoms in total. The molecule has 0 aliphatic heterocycles. The number of anilines is 1. The van der Waals surface area contributed by atoms with Crippen LogP contribution in [0.4, 0.5) is 10.1 Å². The van der Waals surface area contributed by atoms with Crippen molar-refractivity contribution in [1.82, 2.24) is 0 Å². The van der Waals surface area contributed by atoms with Gasteiger partial charge < -0.3 is 19.7 Å². The van der Waals surface area contributed by atoms with Gasteiger partial charge in [0.2, 0.25) is 0 Å². The van der Waals surface area contributed by atoms with E-state index in [-0.39, 0.29) is 18.3 Å². The summed E-state index contributed by atoms with van der Waals surface area (Å²) in [6.45, 7) is 0.726. The van der Waals surface area contributed by atoms with Gasteiger partial charge in [0.1, 0.15) is 23.9 Å². The van der Waals surface area contributed by atoms with E-state index in [4.69, 9.17) is 9.47 Å². The lowest BCUT2D eigenvalue weighted by molar-refractivity contribution is -0.885. The number of benzene rings is 2. The number of methoxy groups -OCH3 is 2. The molecule has 6 heteroatoms. The summed E-state index contributed by atoms with van der Waals surface area (Å²) in [4.78, 5) is 13.1. The molecular formula is C18H22FN2O3+. The molecule has 2 rings (SSSR count). The fraction of sp³-hybridized carbons (Fsp3) is 0.278. The maximum Gasteiger partial charge on any atom is 0.279 e. The molecule has 1 amide bonds. The largest absolute Gasteiger partial charge is 0.497 e. The maximum atomic E-state index is 13.4. The maximum absolute atomic E-state index is 13.4. The molecule has 1 atom stereocenters. The van der Waals surface area contributed by atoms with Crippen LogP contribution in [-0.2, 0) is 11.3 Å². The number of likely N-dealkylation sites (N-methyl/N-ethyl adjacent to an activating group) is 1. The van der Waals surface area contributed by atoms with Crippen LogP contribution < -0.4 is 19.7 Å². The van der Waals surface area contributed by atoms with Crippen molar-refractivity contribution < 1.29 is 23.6 Å². The van der Waals surface area contributed by atoms with Crippen LogP contribution in [0, 0.1) is 5.82 Å². The van der Waals surface area contributed by atoms with E-state index in [0.29, 0.717) is 23.7 Å². The summed E-state index contributed by atoms with van der Waals surface area (Å²) < 4.78 is 23.8. The molecule has 0 heterocycles. The second-order valence-corrected chi connectivity index (χ2v) is 5.55. The average Bonchev–Trinajstić information content (AvgIpc) is 2.55. The lowest BCUT2D eigenvalue weighted by Crippen LogP contribution is -3.08. The van der Waals surface area contributed by atoms with Crippen molar-refractivity contribution in [3.05, 3.63) is 53.8 Å². The predicted octanol–water partition coefficient (Wildman–Crippen LogP) is 1.50. The monoisotopic (exact) mass is 333 g/mol. The number of quaternary nitrogens is 1. The highest BCUT2D eigenvalue weighted by Gasteiger charge is 2.14. The van der Waals surface area contributed by atoms with Gasteiger partial charge in [0.15, 0.2) is 6.54 Å². The Morgan fingerprint density at radius 2 is 1.96 bits per heavy atom. The van der Waals surface area contributed by atoms with E-state index >= 15 is 0 Å². The standard InChI is InChI=1S/C18H21FN2O3/c1-21(11-13-9-14(19)7-8-17(13)24-3)12-18(22)20-15-5-4-6-16(10-15)23-2/h4-10H,11-12H2,1-3H3,(H,20,22)/p+1. The number of hydrogen-bond donors (Lipinski definition) is 2. The molecule has 0 aliphatic carbocycles. The van der Waals surface area contributed by atoms with Gasteiger partial charge in [-0.15, -0.1) is 0 Å². The van der Waals surface area contributed by atoms with Crippen molar-refractivity contribution in [2.24, 2.45) is 0 Å². The molecular weight excluding hydrogens is 311 g/mol. The molecule has 24 heavy (non-hydrogen) atoms. The number of amides is 1. The zero-order valence-corrected chi connectivity index (χ0v) is 14.1. The third-order valence-electron chi connectivity index (χ3n) is 3.55. The molecule has 1 unspecified atom stereocenters. The highest BCUT2D eigenvalue weighted by Crippen LogP contribution is 2.18. The Hall–Kier alpha value is -2.60. The molecule has 2 N–H and O–H groups in total. The second kappa shape index (κ2) is 8.31. The fourth-order valence-electron chi connectivity index (χ4n) is 2.45. The lowest BCUT2D eigenvalue weighted by atomic mass is 10.2. The number of rotatable bonds is 7. The van der Waals surface area contributed by atoms with Crippen LogP contribution in [0.15, 0.2) is 42.5 Å². The number of halogens is 1. The van der Waals surface area contributed by atoms with E-state index in [2.05, 4.69) is 5.32 Å². The van der Waals surface area contributed by atoms with Gasteiger partial charge in [0.25, 0.3) is 5.91 Å². The minimum Gasteiger partial charge on any atom is -0.497 e. The first kappa shape index (κ1) is 17.7. The highest BCUT2D eigenvalue weighted by atomic mass is 19.1. The summed E-state index contributed by atoms with van der Waals surface area (Å²) in [5.41, 5.74) is 1.40. The number of carbonyl (C=O) groups is 1. The normalized spacial score (nSPS) is 11.7. The summed E-state index contributed by atoms with van der Waals surface area (Å²) in [6, 6.07) is 11.5. The number of nitrogens with one attached hydrogen (secondary N) is 2. The highest BCUT2D eigenvalue weighted by molar-refractivity contribution is 5.91. The Kier molecular flexibility index (Phi) is 6.14. The number of carbonyl (C=O) groups excluding carboxylic acids is 1. The van der Waals surface area contributed by atoms with E-state index in [1.54, 1.807) is 32.4 Å². The van der Waals surface area contributed by atoms with Gasteiger partial charge in [0.05, 0.1) is 26.8 Å². The fourth-order valence-corrected chi connectivity index (χ4v) is 2.45. The smallest absolute Gasteiger partial charge is 0.279 e. The zero-order valence-electron chi connectivity index (χ0n) is 14.1. The molecule has 2 aromatic carbocycles. The zero-order chi connectivity index (χ0) is 17.5. The Labute approximate surface area is 141 Å². The van der Waals surface area contributed by atoms with Gasteiger partial charge in [-0.3, -0.25) is 4.79 Å². The SMILES string of the molecule is COc1cccc(NC(=O)C[NH+](C)Cc2cc(F)ccc2OC)c1. The minimum absolute atomic E-state index is 0.129. The molecule has 0 aliphatic rings. The summed E-state index contributed by atoms with van der Waals surface area (Å²) in [5, 5.41) is 2.83. The molecule has 2 aromatic rings. The van der Waals surface area contributed by atoms with E-state index in [1.165, 1.54) is 12.1 Å². The van der Waals surface area contributed by atoms with Gasteiger partial charge >= 0.3 is 0 Å². The number of ether oxygens (including phenoxy) is 2. The van der Waals surface area contributed by atoms with Crippen molar-refractivity contribution in [1.29, 1.82) is 0 Å². The van der Waals surface area contributed by atoms with Crippen molar-refractivity contribution in [2.75, 3.05) is 33.1 Å². The molecule has 0 saturated carbocycles. The molecule has 0 aromatic heterocycles. The number of hydrogen-bond acceptors (Lipinski definition) is 3. The second-order valence-electron chi connectivity index (χ2n) is 5.55.